The lowest BCUT2D eigenvalue weighted by Crippen LogP contribution is -2.38. The number of hydrogen-bond donors (Lipinski definition) is 0. The van der Waals surface area contributed by atoms with Gasteiger partial charge in [-0.3, -0.25) is 4.79 Å². The maximum absolute atomic E-state index is 12.6. The van der Waals surface area contributed by atoms with Crippen molar-refractivity contribution in [1.29, 1.82) is 0 Å². The Morgan fingerprint density at radius 2 is 1.89 bits per heavy atom. The van der Waals surface area contributed by atoms with Gasteiger partial charge >= 0.3 is 0 Å². The van der Waals surface area contributed by atoms with E-state index in [2.05, 4.69) is 4.98 Å². The molecule has 1 amide bonds. The van der Waals surface area contributed by atoms with Gasteiger partial charge in [0.05, 0.1) is 0 Å². The molecule has 2 aliphatic rings. The highest BCUT2D eigenvalue weighted by Crippen LogP contribution is 2.33. The zero-order valence-corrected chi connectivity index (χ0v) is 15.6. The van der Waals surface area contributed by atoms with Crippen molar-refractivity contribution in [2.24, 2.45) is 0 Å². The first-order chi connectivity index (χ1) is 13.8. The van der Waals surface area contributed by atoms with Gasteiger partial charge in [0.2, 0.25) is 12.7 Å². The molecule has 2 aliphatic heterocycles. The molecule has 6 nitrogen and oxygen atoms in total. The number of nitrogens with zero attached hydrogens (tertiary/aromatic N) is 2. The number of hydrogen-bond acceptors (Lipinski definition) is 5. The molecule has 28 heavy (non-hydrogen) atoms. The van der Waals surface area contributed by atoms with E-state index < -0.39 is 0 Å². The molecule has 0 aliphatic carbocycles. The van der Waals surface area contributed by atoms with E-state index in [0.29, 0.717) is 12.8 Å². The van der Waals surface area contributed by atoms with Crippen LogP contribution in [-0.4, -0.2) is 35.7 Å². The molecule has 5 rings (SSSR count). The number of fused-ring (bicyclic) bond motifs is 2. The highest BCUT2D eigenvalue weighted by atomic mass is 16.7. The average Bonchev–Trinajstić information content (AvgIpc) is 3.38. The van der Waals surface area contributed by atoms with E-state index in [4.69, 9.17) is 13.9 Å². The van der Waals surface area contributed by atoms with E-state index in [1.54, 1.807) is 0 Å². The molecule has 1 aromatic heterocycles. The summed E-state index contributed by atoms with van der Waals surface area (Å²) >= 11 is 0. The monoisotopic (exact) mass is 378 g/mol. The highest BCUT2D eigenvalue weighted by Gasteiger charge is 2.27. The molecule has 0 unspecified atom stereocenters. The first-order valence-corrected chi connectivity index (χ1v) is 9.78. The maximum Gasteiger partial charge on any atom is 0.231 e. The lowest BCUT2D eigenvalue weighted by atomic mass is 9.96. The third-order valence-electron chi connectivity index (χ3n) is 5.57. The van der Waals surface area contributed by atoms with Crippen LogP contribution in [0.5, 0.6) is 11.5 Å². The SMILES string of the molecule is O=C(CCc1ccc2c(c1)OCO2)N1CCC(c2nc3ccccc3o2)CC1. The van der Waals surface area contributed by atoms with Gasteiger partial charge in [-0.2, -0.15) is 0 Å². The summed E-state index contributed by atoms with van der Waals surface area (Å²) < 4.78 is 16.6. The molecule has 3 aromatic rings. The lowest BCUT2D eigenvalue weighted by molar-refractivity contribution is -0.132. The van der Waals surface area contributed by atoms with Gasteiger partial charge in [-0.1, -0.05) is 18.2 Å². The second-order valence-electron chi connectivity index (χ2n) is 7.36. The van der Waals surface area contributed by atoms with Gasteiger partial charge in [0.25, 0.3) is 0 Å². The largest absolute Gasteiger partial charge is 0.454 e. The van der Waals surface area contributed by atoms with Gasteiger partial charge in [0.1, 0.15) is 5.52 Å². The maximum atomic E-state index is 12.6. The summed E-state index contributed by atoms with van der Waals surface area (Å²) in [5.74, 6) is 2.83. The van der Waals surface area contributed by atoms with E-state index in [1.165, 1.54) is 0 Å². The van der Waals surface area contributed by atoms with Crippen molar-refractivity contribution in [2.45, 2.75) is 31.6 Å². The molecule has 3 heterocycles. The van der Waals surface area contributed by atoms with Crippen LogP contribution in [0.1, 0.15) is 36.6 Å². The Kier molecular flexibility index (Phi) is 4.39. The van der Waals surface area contributed by atoms with Gasteiger partial charge in [0, 0.05) is 25.4 Å². The van der Waals surface area contributed by atoms with Crippen LogP contribution in [-0.2, 0) is 11.2 Å². The molecule has 1 saturated heterocycles. The fourth-order valence-corrected chi connectivity index (χ4v) is 3.95. The van der Waals surface area contributed by atoms with Crippen molar-refractivity contribution < 1.29 is 18.7 Å². The van der Waals surface area contributed by atoms with Crippen molar-refractivity contribution in [2.75, 3.05) is 19.9 Å². The Morgan fingerprint density at radius 1 is 1.07 bits per heavy atom. The number of aromatic nitrogens is 1. The number of piperidine rings is 1. The second-order valence-corrected chi connectivity index (χ2v) is 7.36. The molecule has 0 atom stereocenters. The first-order valence-electron chi connectivity index (χ1n) is 9.78. The summed E-state index contributed by atoms with van der Waals surface area (Å²) in [6.45, 7) is 1.78. The van der Waals surface area contributed by atoms with Crippen LogP contribution in [0.15, 0.2) is 46.9 Å². The van der Waals surface area contributed by atoms with Crippen LogP contribution in [0.25, 0.3) is 11.1 Å². The predicted octanol–water partition coefficient (Wildman–Crippen LogP) is 3.90. The van der Waals surface area contributed by atoms with E-state index in [1.807, 2.05) is 47.4 Å². The summed E-state index contributed by atoms with van der Waals surface area (Å²) in [5.41, 5.74) is 2.83. The zero-order chi connectivity index (χ0) is 18.9. The smallest absolute Gasteiger partial charge is 0.231 e. The summed E-state index contributed by atoms with van der Waals surface area (Å²) in [7, 11) is 0. The van der Waals surface area contributed by atoms with E-state index in [0.717, 1.165) is 60.0 Å². The highest BCUT2D eigenvalue weighted by molar-refractivity contribution is 5.76. The van der Waals surface area contributed by atoms with E-state index in [9.17, 15) is 4.79 Å². The van der Waals surface area contributed by atoms with Crippen LogP contribution < -0.4 is 9.47 Å². The number of ether oxygens (including phenoxy) is 2. The summed E-state index contributed by atoms with van der Waals surface area (Å²) in [4.78, 5) is 19.2. The van der Waals surface area contributed by atoms with Crippen molar-refractivity contribution in [3.8, 4) is 11.5 Å². The number of benzene rings is 2. The molecule has 1 fully saturated rings. The first kappa shape index (κ1) is 17.1. The third kappa shape index (κ3) is 3.30. The fourth-order valence-electron chi connectivity index (χ4n) is 3.95. The minimum atomic E-state index is 0.202. The average molecular weight is 378 g/mol. The zero-order valence-electron chi connectivity index (χ0n) is 15.6. The molecule has 0 saturated carbocycles. The van der Waals surface area contributed by atoms with Gasteiger partial charge in [0.15, 0.2) is 23.0 Å². The predicted molar refractivity (Wildman–Crippen MR) is 103 cm³/mol. The number of rotatable bonds is 4. The summed E-state index contributed by atoms with van der Waals surface area (Å²) in [6.07, 6.45) is 3.00. The third-order valence-corrected chi connectivity index (χ3v) is 5.57. The molecule has 144 valence electrons. The standard InChI is InChI=1S/C22H22N2O4/c25-21(8-6-15-5-7-19-20(13-15)27-14-26-19)24-11-9-16(10-12-24)22-23-17-3-1-2-4-18(17)28-22/h1-5,7,13,16H,6,8-12,14H2. The van der Waals surface area contributed by atoms with E-state index in [-0.39, 0.29) is 18.6 Å². The molecule has 0 N–H and O–H groups in total. The number of likely N-dealkylation sites (tertiary alicyclic amines) is 1. The number of aryl methyl sites for hydroxylation is 1. The quantitative estimate of drug-likeness (QED) is 0.689. The normalized spacial score (nSPS) is 16.6. The van der Waals surface area contributed by atoms with Crippen molar-refractivity contribution in [1.82, 2.24) is 9.88 Å². The van der Waals surface area contributed by atoms with Crippen LogP contribution in [0.2, 0.25) is 0 Å². The molecule has 2 aromatic carbocycles. The molecule has 0 spiro atoms. The number of carbonyl (C=O) groups is 1. The van der Waals surface area contributed by atoms with Gasteiger partial charge in [-0.25, -0.2) is 4.98 Å². The van der Waals surface area contributed by atoms with Crippen molar-refractivity contribution in [3.05, 3.63) is 53.9 Å². The minimum Gasteiger partial charge on any atom is -0.454 e. The Bertz CT molecular complexity index is 972. The van der Waals surface area contributed by atoms with Crippen LogP contribution >= 0.6 is 0 Å². The number of carbonyl (C=O) groups excluding carboxylic acids is 1. The topological polar surface area (TPSA) is 64.8 Å². The Morgan fingerprint density at radius 3 is 2.75 bits per heavy atom. The number of para-hydroxylation sites is 2. The Labute approximate surface area is 163 Å². The number of oxazole rings is 1. The van der Waals surface area contributed by atoms with Gasteiger partial charge in [-0.15, -0.1) is 0 Å². The van der Waals surface area contributed by atoms with Crippen LogP contribution in [0, 0.1) is 0 Å². The molecule has 0 bridgehead atoms. The lowest BCUT2D eigenvalue weighted by Gasteiger charge is -2.30. The fraction of sp³-hybridized carbons (Fsp3) is 0.364. The number of amides is 1. The van der Waals surface area contributed by atoms with Crippen LogP contribution in [0.3, 0.4) is 0 Å². The van der Waals surface area contributed by atoms with Gasteiger partial charge in [-0.05, 0) is 49.1 Å². The Hall–Kier alpha value is -3.02. The second kappa shape index (κ2) is 7.19. The molecule has 0 radical (unpaired) electrons. The Balaban J connectivity index is 1.15. The summed E-state index contributed by atoms with van der Waals surface area (Å²) in [5, 5.41) is 0. The van der Waals surface area contributed by atoms with Gasteiger partial charge < -0.3 is 18.8 Å². The molecular weight excluding hydrogens is 356 g/mol. The molecule has 6 heteroatoms. The minimum absolute atomic E-state index is 0.202. The molecular formula is C22H22N2O4. The summed E-state index contributed by atoms with van der Waals surface area (Å²) in [6, 6.07) is 13.7. The van der Waals surface area contributed by atoms with Crippen LogP contribution in [0.4, 0.5) is 0 Å². The van der Waals surface area contributed by atoms with Crippen molar-refractivity contribution in [3.63, 3.8) is 0 Å². The van der Waals surface area contributed by atoms with E-state index >= 15 is 0 Å². The van der Waals surface area contributed by atoms with Crippen molar-refractivity contribution >= 4 is 17.0 Å².